The predicted molar refractivity (Wildman–Crippen MR) is 53.2 cm³/mol. The second-order valence-electron chi connectivity index (χ2n) is 3.16. The van der Waals surface area contributed by atoms with E-state index in [1.165, 1.54) is 0 Å². The van der Waals surface area contributed by atoms with Crippen molar-refractivity contribution in [1.29, 1.82) is 0 Å². The fourth-order valence-electron chi connectivity index (χ4n) is 1.56. The van der Waals surface area contributed by atoms with Crippen LogP contribution in [0.2, 0.25) is 5.02 Å². The summed E-state index contributed by atoms with van der Waals surface area (Å²) < 4.78 is 5.07. The molecule has 0 radical (unpaired) electrons. The van der Waals surface area contributed by atoms with E-state index in [9.17, 15) is 5.02 Å². The summed E-state index contributed by atoms with van der Waals surface area (Å²) in [4.78, 5) is 0. The second-order valence-corrected chi connectivity index (χ2v) is 3.57. The molecule has 4 heteroatoms. The van der Waals surface area contributed by atoms with E-state index in [1.807, 2.05) is 19.1 Å². The lowest BCUT2D eigenvalue weighted by Crippen LogP contribution is -2.28. The number of hydrogen-bond acceptors (Lipinski definition) is 2. The molecule has 0 saturated heterocycles. The molecule has 1 heterocycles. The Morgan fingerprint density at radius 1 is 1.62 bits per heavy atom. The van der Waals surface area contributed by atoms with Crippen LogP contribution >= 0.6 is 11.6 Å². The molecule has 13 heavy (non-hydrogen) atoms. The molecule has 1 aliphatic heterocycles. The van der Waals surface area contributed by atoms with Gasteiger partial charge in [0.25, 0.3) is 0 Å². The molecule has 1 aromatic rings. The highest BCUT2D eigenvalue weighted by Crippen LogP contribution is 2.20. The molecule has 0 aromatic heterocycles. The zero-order valence-corrected chi connectivity index (χ0v) is 8.14. The molecule has 2 rings (SSSR count). The SMILES string of the molecule is CCc1cc2c(cc1Cl)COB2O. The van der Waals surface area contributed by atoms with Crippen LogP contribution in [0.5, 0.6) is 0 Å². The Kier molecular flexibility index (Phi) is 2.32. The van der Waals surface area contributed by atoms with E-state index in [4.69, 9.17) is 16.3 Å². The van der Waals surface area contributed by atoms with E-state index in [0.717, 1.165) is 28.0 Å². The minimum absolute atomic E-state index is 0.459. The molecule has 0 fully saturated rings. The highest BCUT2D eigenvalue weighted by Gasteiger charge is 2.27. The summed E-state index contributed by atoms with van der Waals surface area (Å²) in [6, 6.07) is 3.81. The Morgan fingerprint density at radius 3 is 3.08 bits per heavy atom. The van der Waals surface area contributed by atoms with E-state index in [2.05, 4.69) is 0 Å². The molecule has 0 atom stereocenters. The van der Waals surface area contributed by atoms with Crippen molar-refractivity contribution in [1.82, 2.24) is 0 Å². The van der Waals surface area contributed by atoms with Crippen molar-refractivity contribution in [2.75, 3.05) is 0 Å². The molecule has 0 aliphatic carbocycles. The maximum absolute atomic E-state index is 9.43. The third kappa shape index (κ3) is 1.48. The van der Waals surface area contributed by atoms with Gasteiger partial charge in [-0.3, -0.25) is 0 Å². The predicted octanol–water partition coefficient (Wildman–Crippen LogP) is 1.12. The lowest BCUT2D eigenvalue weighted by atomic mass is 9.78. The van der Waals surface area contributed by atoms with Gasteiger partial charge in [-0.15, -0.1) is 0 Å². The molecule has 2 nitrogen and oxygen atoms in total. The van der Waals surface area contributed by atoms with Gasteiger partial charge in [-0.05, 0) is 29.1 Å². The zero-order valence-electron chi connectivity index (χ0n) is 7.38. The van der Waals surface area contributed by atoms with Crippen LogP contribution in [-0.4, -0.2) is 12.1 Å². The highest BCUT2D eigenvalue weighted by molar-refractivity contribution is 6.61. The van der Waals surface area contributed by atoms with E-state index in [-0.39, 0.29) is 0 Å². The Labute approximate surface area is 82.6 Å². The van der Waals surface area contributed by atoms with Crippen LogP contribution in [0.25, 0.3) is 0 Å². The minimum atomic E-state index is -0.766. The van der Waals surface area contributed by atoms with Crippen molar-refractivity contribution in [3.8, 4) is 0 Å². The average Bonchev–Trinajstić information content (AvgIpc) is 2.46. The Morgan fingerprint density at radius 2 is 2.38 bits per heavy atom. The van der Waals surface area contributed by atoms with Gasteiger partial charge in [0.15, 0.2) is 0 Å². The second kappa shape index (κ2) is 3.33. The van der Waals surface area contributed by atoms with Crippen molar-refractivity contribution < 1.29 is 9.68 Å². The van der Waals surface area contributed by atoms with Gasteiger partial charge in [-0.1, -0.05) is 24.6 Å². The molecule has 0 spiro atoms. The van der Waals surface area contributed by atoms with E-state index in [0.29, 0.717) is 6.61 Å². The van der Waals surface area contributed by atoms with Crippen molar-refractivity contribution in [2.24, 2.45) is 0 Å². The molecular formula is C9H10BClO2. The summed E-state index contributed by atoms with van der Waals surface area (Å²) in [6.07, 6.45) is 0.874. The number of halogens is 1. The van der Waals surface area contributed by atoms with Gasteiger partial charge in [0.1, 0.15) is 0 Å². The first kappa shape index (κ1) is 9.07. The summed E-state index contributed by atoms with van der Waals surface area (Å²) in [5.74, 6) is 0. The van der Waals surface area contributed by atoms with Gasteiger partial charge in [0.05, 0.1) is 6.61 Å². The Hall–Kier alpha value is -0.505. The fourth-order valence-corrected chi connectivity index (χ4v) is 1.88. The highest BCUT2D eigenvalue weighted by atomic mass is 35.5. The maximum Gasteiger partial charge on any atom is 0.491 e. The number of fused-ring (bicyclic) bond motifs is 1. The summed E-state index contributed by atoms with van der Waals surface area (Å²) in [7, 11) is -0.766. The molecule has 1 aliphatic rings. The summed E-state index contributed by atoms with van der Waals surface area (Å²) in [5, 5.41) is 10.2. The smallest absolute Gasteiger partial charge is 0.423 e. The minimum Gasteiger partial charge on any atom is -0.423 e. The molecule has 0 amide bonds. The molecular weight excluding hydrogens is 186 g/mol. The summed E-state index contributed by atoms with van der Waals surface area (Å²) in [6.45, 7) is 2.50. The van der Waals surface area contributed by atoms with Crippen LogP contribution in [0.3, 0.4) is 0 Å². The van der Waals surface area contributed by atoms with Crippen LogP contribution in [0.4, 0.5) is 0 Å². The first-order chi connectivity index (χ1) is 6.22. The number of rotatable bonds is 1. The lowest BCUT2D eigenvalue weighted by molar-refractivity contribution is 0.275. The zero-order chi connectivity index (χ0) is 9.42. The quantitative estimate of drug-likeness (QED) is 0.682. The molecule has 0 bridgehead atoms. The van der Waals surface area contributed by atoms with E-state index in [1.54, 1.807) is 0 Å². The number of benzene rings is 1. The number of aryl methyl sites for hydroxylation is 1. The van der Waals surface area contributed by atoms with Crippen LogP contribution in [0.15, 0.2) is 12.1 Å². The van der Waals surface area contributed by atoms with Crippen LogP contribution in [-0.2, 0) is 17.7 Å². The van der Waals surface area contributed by atoms with Gasteiger partial charge in [-0.2, -0.15) is 0 Å². The molecule has 68 valence electrons. The van der Waals surface area contributed by atoms with E-state index < -0.39 is 7.12 Å². The molecule has 0 unspecified atom stereocenters. The first-order valence-corrected chi connectivity index (χ1v) is 4.71. The van der Waals surface area contributed by atoms with Gasteiger partial charge < -0.3 is 9.68 Å². The summed E-state index contributed by atoms with van der Waals surface area (Å²) >= 11 is 6.02. The maximum atomic E-state index is 9.43. The number of hydrogen-bond donors (Lipinski definition) is 1. The van der Waals surface area contributed by atoms with Crippen LogP contribution in [0, 0.1) is 0 Å². The topological polar surface area (TPSA) is 29.5 Å². The third-order valence-corrected chi connectivity index (χ3v) is 2.70. The average molecular weight is 196 g/mol. The van der Waals surface area contributed by atoms with Crippen molar-refractivity contribution in [3.05, 3.63) is 28.3 Å². The van der Waals surface area contributed by atoms with Gasteiger partial charge in [0, 0.05) is 5.02 Å². The van der Waals surface area contributed by atoms with Gasteiger partial charge in [-0.25, -0.2) is 0 Å². The Bertz CT molecular complexity index is 341. The van der Waals surface area contributed by atoms with Gasteiger partial charge in [0.2, 0.25) is 0 Å². The Balaban J connectivity index is 2.51. The van der Waals surface area contributed by atoms with Gasteiger partial charge >= 0.3 is 7.12 Å². The van der Waals surface area contributed by atoms with Crippen molar-refractivity contribution in [2.45, 2.75) is 20.0 Å². The molecule has 1 N–H and O–H groups in total. The molecule has 0 saturated carbocycles. The standard InChI is InChI=1S/C9H10BClO2/c1-2-6-3-8-7(4-9(6)11)5-13-10(8)12/h3-4,12H,2,5H2,1H3. The third-order valence-electron chi connectivity index (χ3n) is 2.35. The monoisotopic (exact) mass is 196 g/mol. The van der Waals surface area contributed by atoms with Crippen molar-refractivity contribution in [3.63, 3.8) is 0 Å². The van der Waals surface area contributed by atoms with Crippen LogP contribution < -0.4 is 5.46 Å². The van der Waals surface area contributed by atoms with E-state index >= 15 is 0 Å². The van der Waals surface area contributed by atoms with Crippen LogP contribution in [0.1, 0.15) is 18.1 Å². The first-order valence-electron chi connectivity index (χ1n) is 4.33. The largest absolute Gasteiger partial charge is 0.491 e. The normalized spacial score (nSPS) is 14.8. The fraction of sp³-hybridized carbons (Fsp3) is 0.333. The lowest BCUT2D eigenvalue weighted by Gasteiger charge is -2.04. The van der Waals surface area contributed by atoms with Crippen molar-refractivity contribution >= 4 is 24.2 Å². The summed E-state index contributed by atoms with van der Waals surface area (Å²) in [5.41, 5.74) is 2.92. The molecule has 1 aromatic carbocycles.